The second-order valence-corrected chi connectivity index (χ2v) is 5.52. The zero-order chi connectivity index (χ0) is 12.4. The van der Waals surface area contributed by atoms with Gasteiger partial charge in [0.05, 0.1) is 5.56 Å². The second-order valence-electron chi connectivity index (χ2n) is 4.37. The molecule has 1 aromatic carbocycles. The van der Waals surface area contributed by atoms with Gasteiger partial charge in [-0.3, -0.25) is 4.79 Å². The van der Waals surface area contributed by atoms with Crippen LogP contribution in [0.3, 0.4) is 0 Å². The molecule has 1 heterocycles. The van der Waals surface area contributed by atoms with Crippen LogP contribution in [0.1, 0.15) is 24.2 Å². The van der Waals surface area contributed by atoms with Crippen molar-refractivity contribution in [3.63, 3.8) is 0 Å². The Morgan fingerprint density at radius 2 is 2.29 bits per heavy atom. The molecule has 1 N–H and O–H groups in total. The van der Waals surface area contributed by atoms with Gasteiger partial charge >= 0.3 is 0 Å². The van der Waals surface area contributed by atoms with Crippen molar-refractivity contribution < 1.29 is 9.90 Å². The predicted molar refractivity (Wildman–Crippen MR) is 72.2 cm³/mol. The minimum atomic E-state index is -0.101. The molecule has 0 radical (unpaired) electrons. The van der Waals surface area contributed by atoms with Crippen molar-refractivity contribution in [3.05, 3.63) is 23.8 Å². The third-order valence-corrected chi connectivity index (χ3v) is 4.25. The lowest BCUT2D eigenvalue weighted by molar-refractivity contribution is 0.101. The highest BCUT2D eigenvalue weighted by Gasteiger charge is 2.20. The molecule has 1 saturated heterocycles. The van der Waals surface area contributed by atoms with Crippen LogP contribution >= 0.6 is 11.8 Å². The molecule has 0 spiro atoms. The van der Waals surface area contributed by atoms with Gasteiger partial charge in [-0.1, -0.05) is 0 Å². The quantitative estimate of drug-likeness (QED) is 0.820. The smallest absolute Gasteiger partial charge is 0.163 e. The molecule has 1 aliphatic rings. The van der Waals surface area contributed by atoms with Gasteiger partial charge in [0, 0.05) is 35.8 Å². The van der Waals surface area contributed by atoms with Crippen LogP contribution in [0.15, 0.2) is 18.2 Å². The van der Waals surface area contributed by atoms with Gasteiger partial charge in [-0.05, 0) is 26.0 Å². The standard InChI is InChI=1S/C13H17NO2S/c1-9-8-17-6-5-14(9)11-3-4-12(10(2)15)13(16)7-11/h3-4,7,9,16H,5-6,8H2,1-2H3. The van der Waals surface area contributed by atoms with Crippen LogP contribution in [0.2, 0.25) is 0 Å². The number of hydrogen-bond donors (Lipinski definition) is 1. The number of aromatic hydroxyl groups is 1. The van der Waals surface area contributed by atoms with Crippen molar-refractivity contribution in [2.75, 3.05) is 23.0 Å². The van der Waals surface area contributed by atoms with Crippen molar-refractivity contribution in [1.29, 1.82) is 0 Å². The number of Topliss-reactive ketones (excluding diaryl/α,β-unsaturated/α-hetero) is 1. The van der Waals surface area contributed by atoms with Crippen molar-refractivity contribution in [2.24, 2.45) is 0 Å². The van der Waals surface area contributed by atoms with E-state index in [9.17, 15) is 9.90 Å². The first-order valence-electron chi connectivity index (χ1n) is 5.78. The van der Waals surface area contributed by atoms with E-state index < -0.39 is 0 Å². The Hall–Kier alpha value is -1.16. The van der Waals surface area contributed by atoms with Gasteiger partial charge in [0.2, 0.25) is 0 Å². The van der Waals surface area contributed by atoms with Gasteiger partial charge in [-0.25, -0.2) is 0 Å². The second kappa shape index (κ2) is 5.00. The van der Waals surface area contributed by atoms with Crippen LogP contribution in [-0.4, -0.2) is 35.0 Å². The van der Waals surface area contributed by atoms with E-state index in [0.717, 1.165) is 23.7 Å². The van der Waals surface area contributed by atoms with Crippen molar-refractivity contribution in [2.45, 2.75) is 19.9 Å². The Labute approximate surface area is 106 Å². The summed E-state index contributed by atoms with van der Waals surface area (Å²) in [6, 6.07) is 5.80. The molecule has 0 amide bonds. The predicted octanol–water partition coefficient (Wildman–Crippen LogP) is 2.54. The SMILES string of the molecule is CC(=O)c1ccc(N2CCSCC2C)cc1O. The lowest BCUT2D eigenvalue weighted by Gasteiger charge is -2.35. The fraction of sp³-hybridized carbons (Fsp3) is 0.462. The number of phenols is 1. The van der Waals surface area contributed by atoms with E-state index in [1.54, 1.807) is 12.1 Å². The Balaban J connectivity index is 2.27. The third-order valence-electron chi connectivity index (χ3n) is 3.06. The summed E-state index contributed by atoms with van der Waals surface area (Å²) in [5.74, 6) is 2.20. The molecule has 1 aliphatic heterocycles. The van der Waals surface area contributed by atoms with E-state index in [1.165, 1.54) is 6.92 Å². The molecule has 1 fully saturated rings. The molecular weight excluding hydrogens is 234 g/mol. The molecule has 0 aromatic heterocycles. The highest BCUT2D eigenvalue weighted by Crippen LogP contribution is 2.29. The van der Waals surface area contributed by atoms with Crippen molar-refractivity contribution in [3.8, 4) is 5.75 Å². The summed E-state index contributed by atoms with van der Waals surface area (Å²) < 4.78 is 0. The maximum absolute atomic E-state index is 11.2. The first-order valence-corrected chi connectivity index (χ1v) is 6.93. The molecule has 1 atom stereocenters. The zero-order valence-corrected chi connectivity index (χ0v) is 11.0. The van der Waals surface area contributed by atoms with Crippen molar-refractivity contribution >= 4 is 23.2 Å². The van der Waals surface area contributed by atoms with E-state index >= 15 is 0 Å². The molecular formula is C13H17NO2S. The zero-order valence-electron chi connectivity index (χ0n) is 10.1. The number of nitrogens with zero attached hydrogens (tertiary/aromatic N) is 1. The molecule has 0 bridgehead atoms. The maximum atomic E-state index is 11.2. The molecule has 4 heteroatoms. The first kappa shape index (κ1) is 12.3. The van der Waals surface area contributed by atoms with Crippen LogP contribution in [0, 0.1) is 0 Å². The third kappa shape index (κ3) is 2.57. The Kier molecular flexibility index (Phi) is 3.62. The number of anilines is 1. The molecule has 17 heavy (non-hydrogen) atoms. The molecule has 0 aliphatic carbocycles. The summed E-state index contributed by atoms with van der Waals surface area (Å²) in [7, 11) is 0. The van der Waals surface area contributed by atoms with Crippen LogP contribution in [0.25, 0.3) is 0 Å². The van der Waals surface area contributed by atoms with E-state index in [4.69, 9.17) is 0 Å². The number of carbonyl (C=O) groups excluding carboxylic acids is 1. The Morgan fingerprint density at radius 1 is 1.53 bits per heavy atom. The van der Waals surface area contributed by atoms with Crippen LogP contribution in [0.4, 0.5) is 5.69 Å². The summed E-state index contributed by atoms with van der Waals surface area (Å²) in [5, 5.41) is 9.83. The van der Waals surface area contributed by atoms with E-state index in [0.29, 0.717) is 11.6 Å². The van der Waals surface area contributed by atoms with E-state index in [-0.39, 0.29) is 11.5 Å². The number of ketones is 1. The van der Waals surface area contributed by atoms with Crippen LogP contribution in [-0.2, 0) is 0 Å². The van der Waals surface area contributed by atoms with Gasteiger partial charge in [-0.2, -0.15) is 11.8 Å². The van der Waals surface area contributed by atoms with Crippen LogP contribution < -0.4 is 4.90 Å². The summed E-state index contributed by atoms with van der Waals surface area (Å²) in [4.78, 5) is 13.5. The maximum Gasteiger partial charge on any atom is 0.163 e. The molecule has 0 saturated carbocycles. The average molecular weight is 251 g/mol. The highest BCUT2D eigenvalue weighted by atomic mass is 32.2. The number of phenolic OH excluding ortho intramolecular Hbond substituents is 1. The van der Waals surface area contributed by atoms with Gasteiger partial charge in [0.1, 0.15) is 5.75 Å². The first-order chi connectivity index (χ1) is 8.09. The Morgan fingerprint density at radius 3 is 2.88 bits per heavy atom. The highest BCUT2D eigenvalue weighted by molar-refractivity contribution is 7.99. The largest absolute Gasteiger partial charge is 0.507 e. The summed E-state index contributed by atoms with van der Waals surface area (Å²) in [6.45, 7) is 4.64. The number of carbonyl (C=O) groups is 1. The monoisotopic (exact) mass is 251 g/mol. The fourth-order valence-electron chi connectivity index (χ4n) is 2.11. The Bertz CT molecular complexity index is 433. The number of thioether (sulfide) groups is 1. The summed E-state index contributed by atoms with van der Waals surface area (Å²) >= 11 is 1.96. The molecule has 3 nitrogen and oxygen atoms in total. The summed E-state index contributed by atoms with van der Waals surface area (Å²) in [6.07, 6.45) is 0. The summed E-state index contributed by atoms with van der Waals surface area (Å²) in [5.41, 5.74) is 1.40. The molecule has 1 unspecified atom stereocenters. The molecule has 1 aromatic rings. The van der Waals surface area contributed by atoms with Crippen LogP contribution in [0.5, 0.6) is 5.75 Å². The minimum absolute atomic E-state index is 0.0837. The van der Waals surface area contributed by atoms with Gasteiger partial charge in [-0.15, -0.1) is 0 Å². The van der Waals surface area contributed by atoms with Gasteiger partial charge < -0.3 is 10.0 Å². The normalized spacial score (nSPS) is 20.4. The lowest BCUT2D eigenvalue weighted by Crippen LogP contribution is -2.40. The molecule has 92 valence electrons. The van der Waals surface area contributed by atoms with Gasteiger partial charge in [0.15, 0.2) is 5.78 Å². The number of rotatable bonds is 2. The van der Waals surface area contributed by atoms with E-state index in [1.807, 2.05) is 17.8 Å². The van der Waals surface area contributed by atoms with E-state index in [2.05, 4.69) is 11.8 Å². The number of benzene rings is 1. The lowest BCUT2D eigenvalue weighted by atomic mass is 10.1. The minimum Gasteiger partial charge on any atom is -0.507 e. The average Bonchev–Trinajstić information content (AvgIpc) is 2.29. The fourth-order valence-corrected chi connectivity index (χ4v) is 3.12. The molecule has 2 rings (SSSR count). The van der Waals surface area contributed by atoms with Crippen molar-refractivity contribution in [1.82, 2.24) is 0 Å². The topological polar surface area (TPSA) is 40.5 Å². The number of hydrogen-bond acceptors (Lipinski definition) is 4. The van der Waals surface area contributed by atoms with Gasteiger partial charge in [0.25, 0.3) is 0 Å².